The third kappa shape index (κ3) is 3.31. The molecule has 1 aromatic rings. The van der Waals surface area contributed by atoms with Crippen LogP contribution in [0.1, 0.15) is 25.5 Å². The molecule has 1 heteroatoms. The Morgan fingerprint density at radius 3 is 2.23 bits per heavy atom. The van der Waals surface area contributed by atoms with Crippen molar-refractivity contribution >= 4 is 0 Å². The molecule has 0 fully saturated rings. The summed E-state index contributed by atoms with van der Waals surface area (Å²) in [4.78, 5) is 0. The fourth-order valence-electron chi connectivity index (χ4n) is 0.964. The molecule has 1 unspecified atom stereocenters. The van der Waals surface area contributed by atoms with Crippen molar-refractivity contribution in [1.82, 2.24) is 0 Å². The van der Waals surface area contributed by atoms with E-state index in [1.54, 1.807) is 0 Å². The fraction of sp³-hybridized carbons (Fsp3) is 0.333. The standard InChI is InChI=1S/C12H14O/c1-10(2)8-9-12(13)11-6-4-3-5-7-11/h3-7,10,12-13H,1-2H3. The van der Waals surface area contributed by atoms with Crippen molar-refractivity contribution in [3.05, 3.63) is 35.9 Å². The maximum atomic E-state index is 9.60. The van der Waals surface area contributed by atoms with Crippen LogP contribution in [0.3, 0.4) is 0 Å². The summed E-state index contributed by atoms with van der Waals surface area (Å²) in [5.74, 6) is 6.05. The minimum absolute atomic E-state index is 0.304. The molecule has 1 atom stereocenters. The molecule has 0 aliphatic rings. The lowest BCUT2D eigenvalue weighted by Crippen LogP contribution is -1.93. The van der Waals surface area contributed by atoms with Crippen LogP contribution in [0, 0.1) is 17.8 Å². The van der Waals surface area contributed by atoms with Gasteiger partial charge in [0.1, 0.15) is 6.10 Å². The number of hydrogen-bond acceptors (Lipinski definition) is 1. The zero-order valence-corrected chi connectivity index (χ0v) is 7.99. The van der Waals surface area contributed by atoms with Crippen LogP contribution in [0.25, 0.3) is 0 Å². The van der Waals surface area contributed by atoms with Gasteiger partial charge in [-0.25, -0.2) is 0 Å². The van der Waals surface area contributed by atoms with Gasteiger partial charge in [0, 0.05) is 5.92 Å². The largest absolute Gasteiger partial charge is 0.376 e. The van der Waals surface area contributed by atoms with Crippen molar-refractivity contribution in [2.45, 2.75) is 20.0 Å². The SMILES string of the molecule is CC(C)C#CC(O)c1ccccc1. The van der Waals surface area contributed by atoms with Gasteiger partial charge in [-0.2, -0.15) is 0 Å². The summed E-state index contributed by atoms with van der Waals surface area (Å²) in [5.41, 5.74) is 0.857. The molecule has 0 saturated heterocycles. The van der Waals surface area contributed by atoms with Crippen LogP contribution in [0.5, 0.6) is 0 Å². The normalized spacial score (nSPS) is 12.0. The lowest BCUT2D eigenvalue weighted by molar-refractivity contribution is 0.238. The van der Waals surface area contributed by atoms with Gasteiger partial charge in [0.25, 0.3) is 0 Å². The zero-order chi connectivity index (χ0) is 9.68. The minimum Gasteiger partial charge on any atom is -0.376 e. The van der Waals surface area contributed by atoms with Crippen LogP contribution in [-0.2, 0) is 0 Å². The van der Waals surface area contributed by atoms with E-state index in [1.165, 1.54) is 0 Å². The van der Waals surface area contributed by atoms with Crippen LogP contribution in [-0.4, -0.2) is 5.11 Å². The Kier molecular flexibility index (Phi) is 3.54. The van der Waals surface area contributed by atoms with Crippen molar-refractivity contribution in [2.24, 2.45) is 5.92 Å². The predicted octanol–water partition coefficient (Wildman–Crippen LogP) is 2.38. The molecule has 0 heterocycles. The summed E-state index contributed by atoms with van der Waals surface area (Å²) in [6, 6.07) is 9.47. The van der Waals surface area contributed by atoms with Crippen molar-refractivity contribution in [1.29, 1.82) is 0 Å². The van der Waals surface area contributed by atoms with E-state index in [0.29, 0.717) is 5.92 Å². The van der Waals surface area contributed by atoms with Gasteiger partial charge in [0.05, 0.1) is 0 Å². The van der Waals surface area contributed by atoms with Gasteiger partial charge in [-0.05, 0) is 5.56 Å². The molecule has 1 N–H and O–H groups in total. The molecule has 0 aliphatic carbocycles. The Morgan fingerprint density at radius 1 is 1.08 bits per heavy atom. The highest BCUT2D eigenvalue weighted by molar-refractivity contribution is 5.24. The van der Waals surface area contributed by atoms with Crippen molar-refractivity contribution in [3.63, 3.8) is 0 Å². The lowest BCUT2D eigenvalue weighted by Gasteiger charge is -2.02. The van der Waals surface area contributed by atoms with Gasteiger partial charge < -0.3 is 5.11 Å². The Labute approximate surface area is 79.4 Å². The topological polar surface area (TPSA) is 20.2 Å². The monoisotopic (exact) mass is 174 g/mol. The third-order valence-electron chi connectivity index (χ3n) is 1.62. The number of aliphatic hydroxyl groups is 1. The van der Waals surface area contributed by atoms with Gasteiger partial charge in [-0.1, -0.05) is 56.0 Å². The Bertz CT molecular complexity index is 303. The average Bonchev–Trinajstić information content (AvgIpc) is 2.15. The van der Waals surface area contributed by atoms with Gasteiger partial charge >= 0.3 is 0 Å². The highest BCUT2D eigenvalue weighted by Crippen LogP contribution is 2.10. The summed E-state index contributed by atoms with van der Waals surface area (Å²) in [6.45, 7) is 4.01. The fourth-order valence-corrected chi connectivity index (χ4v) is 0.964. The molecule has 0 saturated carbocycles. The lowest BCUT2D eigenvalue weighted by atomic mass is 10.1. The smallest absolute Gasteiger partial charge is 0.140 e. The predicted molar refractivity (Wildman–Crippen MR) is 54.0 cm³/mol. The van der Waals surface area contributed by atoms with Crippen molar-refractivity contribution in [2.75, 3.05) is 0 Å². The number of benzene rings is 1. The minimum atomic E-state index is -0.649. The van der Waals surface area contributed by atoms with Gasteiger partial charge in [-0.15, -0.1) is 0 Å². The molecule has 1 aromatic carbocycles. The van der Waals surface area contributed by atoms with Crippen LogP contribution in [0.15, 0.2) is 30.3 Å². The van der Waals surface area contributed by atoms with Gasteiger partial charge in [-0.3, -0.25) is 0 Å². The average molecular weight is 174 g/mol. The van der Waals surface area contributed by atoms with E-state index >= 15 is 0 Å². The van der Waals surface area contributed by atoms with E-state index in [9.17, 15) is 5.11 Å². The summed E-state index contributed by atoms with van der Waals surface area (Å²) in [5, 5.41) is 9.60. The highest BCUT2D eigenvalue weighted by Gasteiger charge is 2.00. The van der Waals surface area contributed by atoms with E-state index in [0.717, 1.165) is 5.56 Å². The molecular weight excluding hydrogens is 160 g/mol. The first-order chi connectivity index (χ1) is 6.20. The van der Waals surface area contributed by atoms with Gasteiger partial charge in [0.15, 0.2) is 0 Å². The second-order valence-corrected chi connectivity index (χ2v) is 3.26. The quantitative estimate of drug-likeness (QED) is 0.648. The third-order valence-corrected chi connectivity index (χ3v) is 1.62. The number of aliphatic hydroxyl groups excluding tert-OH is 1. The van der Waals surface area contributed by atoms with Gasteiger partial charge in [0.2, 0.25) is 0 Å². The summed E-state index contributed by atoms with van der Waals surface area (Å²) in [6.07, 6.45) is -0.649. The first kappa shape index (κ1) is 9.83. The number of rotatable bonds is 1. The molecule has 0 radical (unpaired) electrons. The number of hydrogen-bond donors (Lipinski definition) is 1. The molecule has 1 nitrogen and oxygen atoms in total. The molecule has 0 aliphatic heterocycles. The molecule has 68 valence electrons. The Balaban J connectivity index is 2.71. The summed E-state index contributed by atoms with van der Waals surface area (Å²) < 4.78 is 0. The Morgan fingerprint density at radius 2 is 1.69 bits per heavy atom. The van der Waals surface area contributed by atoms with Crippen LogP contribution < -0.4 is 0 Å². The first-order valence-electron chi connectivity index (χ1n) is 4.44. The Hall–Kier alpha value is -1.26. The zero-order valence-electron chi connectivity index (χ0n) is 7.99. The van der Waals surface area contributed by atoms with Crippen LogP contribution in [0.4, 0.5) is 0 Å². The van der Waals surface area contributed by atoms with Crippen LogP contribution >= 0.6 is 0 Å². The van der Waals surface area contributed by atoms with Crippen molar-refractivity contribution in [3.8, 4) is 11.8 Å². The van der Waals surface area contributed by atoms with Crippen molar-refractivity contribution < 1.29 is 5.11 Å². The highest BCUT2D eigenvalue weighted by atomic mass is 16.3. The van der Waals surface area contributed by atoms with E-state index in [1.807, 2.05) is 44.2 Å². The summed E-state index contributed by atoms with van der Waals surface area (Å²) in [7, 11) is 0. The maximum Gasteiger partial charge on any atom is 0.140 e. The first-order valence-corrected chi connectivity index (χ1v) is 4.44. The second-order valence-electron chi connectivity index (χ2n) is 3.26. The second kappa shape index (κ2) is 4.69. The molecule has 13 heavy (non-hydrogen) atoms. The maximum absolute atomic E-state index is 9.60. The van der Waals surface area contributed by atoms with E-state index in [4.69, 9.17) is 0 Å². The molecule has 0 bridgehead atoms. The molecule has 1 rings (SSSR count). The molecular formula is C12H14O. The van der Waals surface area contributed by atoms with E-state index in [2.05, 4.69) is 11.8 Å². The van der Waals surface area contributed by atoms with Crippen LogP contribution in [0.2, 0.25) is 0 Å². The molecule has 0 spiro atoms. The summed E-state index contributed by atoms with van der Waals surface area (Å²) >= 11 is 0. The van der Waals surface area contributed by atoms with E-state index < -0.39 is 6.10 Å². The molecule has 0 aromatic heterocycles. The molecule has 0 amide bonds. The van der Waals surface area contributed by atoms with E-state index in [-0.39, 0.29) is 0 Å².